The Morgan fingerprint density at radius 1 is 0.900 bits per heavy atom. The first kappa shape index (κ1) is 27.9. The third-order valence-electron chi connectivity index (χ3n) is 9.21. The molecule has 40 heavy (non-hydrogen) atoms. The number of hydrogen-bond donors (Lipinski definition) is 2. The zero-order valence-electron chi connectivity index (χ0n) is 23.6. The summed E-state index contributed by atoms with van der Waals surface area (Å²) in [5.74, 6) is 1.41. The van der Waals surface area contributed by atoms with Crippen molar-refractivity contribution in [3.8, 4) is 6.07 Å². The lowest BCUT2D eigenvalue weighted by Gasteiger charge is -2.35. The van der Waals surface area contributed by atoms with Crippen molar-refractivity contribution in [2.45, 2.75) is 68.9 Å². The summed E-state index contributed by atoms with van der Waals surface area (Å²) in [5, 5.41) is 16.8. The van der Waals surface area contributed by atoms with Gasteiger partial charge < -0.3 is 15.5 Å². The molecule has 2 aliphatic rings. The van der Waals surface area contributed by atoms with Gasteiger partial charge in [-0.25, -0.2) is 4.79 Å². The van der Waals surface area contributed by atoms with Crippen LogP contribution in [0.1, 0.15) is 68.1 Å². The van der Waals surface area contributed by atoms with Crippen molar-refractivity contribution in [2.24, 2.45) is 5.92 Å². The van der Waals surface area contributed by atoms with Crippen molar-refractivity contribution in [3.63, 3.8) is 0 Å². The fraction of sp³-hybridized carbons (Fsp3) is 0.429. The SMILES string of the molecule is C[C@H](NC(=O)NC1CCC(CCN2CCC(c3ccccc3)C2)CC1)C(C#N)(c1ccccc1)c1ccccc1. The van der Waals surface area contributed by atoms with E-state index in [1.165, 1.54) is 38.0 Å². The zero-order valence-corrected chi connectivity index (χ0v) is 23.6. The maximum Gasteiger partial charge on any atom is 0.315 e. The summed E-state index contributed by atoms with van der Waals surface area (Å²) in [7, 11) is 0. The van der Waals surface area contributed by atoms with Crippen LogP contribution in [0.4, 0.5) is 4.79 Å². The number of carbonyl (C=O) groups is 1. The molecule has 0 radical (unpaired) electrons. The van der Waals surface area contributed by atoms with Crippen LogP contribution >= 0.6 is 0 Å². The van der Waals surface area contributed by atoms with E-state index in [2.05, 4.69) is 51.9 Å². The molecule has 2 atom stereocenters. The second-order valence-corrected chi connectivity index (χ2v) is 11.7. The molecule has 5 heteroatoms. The molecule has 0 aromatic heterocycles. The number of benzene rings is 3. The van der Waals surface area contributed by atoms with Crippen LogP contribution in [0.3, 0.4) is 0 Å². The minimum Gasteiger partial charge on any atom is -0.335 e. The van der Waals surface area contributed by atoms with Gasteiger partial charge >= 0.3 is 6.03 Å². The summed E-state index contributed by atoms with van der Waals surface area (Å²) in [6.07, 6.45) is 6.85. The van der Waals surface area contributed by atoms with Crippen LogP contribution in [0.5, 0.6) is 0 Å². The van der Waals surface area contributed by atoms with Crippen molar-refractivity contribution < 1.29 is 4.79 Å². The molecule has 1 aliphatic carbocycles. The minimum atomic E-state index is -0.980. The minimum absolute atomic E-state index is 0.183. The Bertz CT molecular complexity index is 1210. The number of nitrogens with one attached hydrogen (secondary N) is 2. The van der Waals surface area contributed by atoms with Crippen molar-refractivity contribution >= 4 is 6.03 Å². The quantitative estimate of drug-likeness (QED) is 0.324. The van der Waals surface area contributed by atoms with Gasteiger partial charge in [0.1, 0.15) is 5.41 Å². The Morgan fingerprint density at radius 2 is 1.48 bits per heavy atom. The number of nitriles is 1. The van der Waals surface area contributed by atoms with Gasteiger partial charge in [0.15, 0.2) is 0 Å². The molecule has 208 valence electrons. The number of likely N-dealkylation sites (tertiary alicyclic amines) is 1. The molecule has 2 N–H and O–H groups in total. The fourth-order valence-corrected chi connectivity index (χ4v) is 6.82. The summed E-state index contributed by atoms with van der Waals surface area (Å²) < 4.78 is 0. The monoisotopic (exact) mass is 534 g/mol. The van der Waals surface area contributed by atoms with E-state index in [0.717, 1.165) is 42.7 Å². The molecule has 1 heterocycles. The second kappa shape index (κ2) is 13.2. The average Bonchev–Trinajstić information content (AvgIpc) is 3.48. The number of hydrogen-bond acceptors (Lipinski definition) is 3. The molecular weight excluding hydrogens is 492 g/mol. The standard InChI is InChI=1S/C35H42N4O/c1-27(35(26-36,31-13-7-3-8-14-31)32-15-9-4-10-16-32)37-34(40)38-33-19-17-28(18-20-33)21-23-39-24-22-30(25-39)29-11-5-2-6-12-29/h2-16,27-28,30,33H,17-25H2,1H3,(H2,37,38,40)/t27-,28?,30?,33?/m0/s1. The van der Waals surface area contributed by atoms with Crippen molar-refractivity contribution in [1.82, 2.24) is 15.5 Å². The van der Waals surface area contributed by atoms with Gasteiger partial charge in [0, 0.05) is 12.6 Å². The predicted octanol–water partition coefficient (Wildman–Crippen LogP) is 6.62. The van der Waals surface area contributed by atoms with Crippen molar-refractivity contribution in [3.05, 3.63) is 108 Å². The van der Waals surface area contributed by atoms with E-state index in [1.54, 1.807) is 0 Å². The highest BCUT2D eigenvalue weighted by molar-refractivity contribution is 5.75. The molecular formula is C35H42N4O. The summed E-state index contributed by atoms with van der Waals surface area (Å²) in [6.45, 7) is 5.49. The van der Waals surface area contributed by atoms with Gasteiger partial charge in [-0.2, -0.15) is 5.26 Å². The molecule has 0 bridgehead atoms. The Labute approximate surface area is 239 Å². The van der Waals surface area contributed by atoms with E-state index in [9.17, 15) is 10.1 Å². The van der Waals surface area contributed by atoms with Gasteiger partial charge in [0.25, 0.3) is 0 Å². The van der Waals surface area contributed by atoms with Gasteiger partial charge in [-0.15, -0.1) is 0 Å². The first-order valence-corrected chi connectivity index (χ1v) is 14.9. The number of nitrogens with zero attached hydrogens (tertiary/aromatic N) is 2. The van der Waals surface area contributed by atoms with Crippen LogP contribution in [0.15, 0.2) is 91.0 Å². The number of carbonyl (C=O) groups excluding carboxylic acids is 1. The number of rotatable bonds is 9. The van der Waals surface area contributed by atoms with E-state index < -0.39 is 11.5 Å². The van der Waals surface area contributed by atoms with Gasteiger partial charge in [-0.1, -0.05) is 91.0 Å². The van der Waals surface area contributed by atoms with Crippen LogP contribution in [0, 0.1) is 17.2 Å². The topological polar surface area (TPSA) is 68.2 Å². The molecule has 1 unspecified atom stereocenters. The summed E-state index contributed by atoms with van der Waals surface area (Å²) in [5.41, 5.74) is 2.26. The first-order valence-electron chi connectivity index (χ1n) is 14.9. The molecule has 3 aromatic rings. The van der Waals surface area contributed by atoms with Crippen LogP contribution < -0.4 is 10.6 Å². The first-order chi connectivity index (χ1) is 19.6. The fourth-order valence-electron chi connectivity index (χ4n) is 6.82. The second-order valence-electron chi connectivity index (χ2n) is 11.7. The van der Waals surface area contributed by atoms with Crippen molar-refractivity contribution in [1.29, 1.82) is 5.26 Å². The number of amides is 2. The molecule has 3 aromatic carbocycles. The van der Waals surface area contributed by atoms with E-state index in [1.807, 2.05) is 67.6 Å². The smallest absolute Gasteiger partial charge is 0.315 e. The lowest BCUT2D eigenvalue weighted by atomic mass is 9.70. The van der Waals surface area contributed by atoms with Crippen LogP contribution in [0.25, 0.3) is 0 Å². The van der Waals surface area contributed by atoms with E-state index in [0.29, 0.717) is 5.92 Å². The van der Waals surface area contributed by atoms with Crippen LogP contribution in [-0.4, -0.2) is 42.6 Å². The Morgan fingerprint density at radius 3 is 2.05 bits per heavy atom. The maximum atomic E-state index is 13.1. The maximum absolute atomic E-state index is 13.1. The Hall–Kier alpha value is -3.62. The average molecular weight is 535 g/mol. The molecule has 2 amide bonds. The van der Waals surface area contributed by atoms with Gasteiger partial charge in [0.2, 0.25) is 0 Å². The highest BCUT2D eigenvalue weighted by atomic mass is 16.2. The zero-order chi connectivity index (χ0) is 27.8. The largest absolute Gasteiger partial charge is 0.335 e. The molecule has 5 nitrogen and oxygen atoms in total. The lowest BCUT2D eigenvalue weighted by Crippen LogP contribution is -2.53. The third kappa shape index (κ3) is 6.40. The Kier molecular flexibility index (Phi) is 9.19. The highest BCUT2D eigenvalue weighted by Crippen LogP contribution is 2.35. The summed E-state index contributed by atoms with van der Waals surface area (Å²) in [6, 6.07) is 32.6. The van der Waals surface area contributed by atoms with E-state index >= 15 is 0 Å². The molecule has 2 fully saturated rings. The van der Waals surface area contributed by atoms with Crippen molar-refractivity contribution in [2.75, 3.05) is 19.6 Å². The van der Waals surface area contributed by atoms with Crippen LogP contribution in [0.2, 0.25) is 0 Å². The van der Waals surface area contributed by atoms with Gasteiger partial charge in [-0.3, -0.25) is 0 Å². The third-order valence-corrected chi connectivity index (χ3v) is 9.21. The Balaban J connectivity index is 1.10. The lowest BCUT2D eigenvalue weighted by molar-refractivity contribution is 0.214. The van der Waals surface area contributed by atoms with Gasteiger partial charge in [0.05, 0.1) is 12.1 Å². The highest BCUT2D eigenvalue weighted by Gasteiger charge is 2.41. The predicted molar refractivity (Wildman–Crippen MR) is 161 cm³/mol. The van der Waals surface area contributed by atoms with Gasteiger partial charge in [-0.05, 0) is 87.1 Å². The molecule has 1 saturated heterocycles. The van der Waals surface area contributed by atoms with E-state index in [4.69, 9.17) is 0 Å². The molecule has 1 aliphatic heterocycles. The van der Waals surface area contributed by atoms with E-state index in [-0.39, 0.29) is 12.1 Å². The van der Waals surface area contributed by atoms with Crippen LogP contribution in [-0.2, 0) is 5.41 Å². The summed E-state index contributed by atoms with van der Waals surface area (Å²) >= 11 is 0. The molecule has 0 spiro atoms. The molecule has 1 saturated carbocycles. The summed E-state index contributed by atoms with van der Waals surface area (Å²) in [4.78, 5) is 15.8. The molecule has 5 rings (SSSR count). The normalized spacial score (nSPS) is 22.2. The number of urea groups is 1.